The van der Waals surface area contributed by atoms with Crippen LogP contribution in [0.5, 0.6) is 0 Å². The van der Waals surface area contributed by atoms with E-state index in [1.165, 1.54) is 0 Å². The summed E-state index contributed by atoms with van der Waals surface area (Å²) in [7, 11) is 0. The predicted octanol–water partition coefficient (Wildman–Crippen LogP) is 0.731. The molecule has 0 fully saturated rings. The molecule has 0 aromatic carbocycles. The zero-order valence-electron chi connectivity index (χ0n) is 10.2. The van der Waals surface area contributed by atoms with E-state index in [4.69, 9.17) is 10.8 Å². The molecule has 0 aliphatic heterocycles. The smallest absolute Gasteiger partial charge is 0.326 e. The van der Waals surface area contributed by atoms with Crippen LogP contribution in [0, 0.1) is 5.41 Å². The minimum atomic E-state index is -1.00. The van der Waals surface area contributed by atoms with Crippen LogP contribution < -0.4 is 11.1 Å². The van der Waals surface area contributed by atoms with E-state index in [0.717, 1.165) is 6.42 Å². The van der Waals surface area contributed by atoms with Crippen molar-refractivity contribution in [2.75, 3.05) is 6.54 Å². The molecule has 0 bridgehead atoms. The fourth-order valence-electron chi connectivity index (χ4n) is 1.31. The number of carboxylic acids is 1. The number of rotatable bonds is 6. The number of carbonyl (C=O) groups is 2. The normalized spacial score (nSPS) is 13.2. The minimum absolute atomic E-state index is 0.226. The van der Waals surface area contributed by atoms with Crippen molar-refractivity contribution in [1.82, 2.24) is 5.32 Å². The maximum Gasteiger partial charge on any atom is 0.326 e. The number of carbonyl (C=O) groups excluding carboxylic acids is 1. The minimum Gasteiger partial charge on any atom is -0.480 e. The van der Waals surface area contributed by atoms with E-state index in [1.54, 1.807) is 20.8 Å². The molecule has 0 saturated carbocycles. The lowest BCUT2D eigenvalue weighted by Crippen LogP contribution is -2.49. The quantitative estimate of drug-likeness (QED) is 0.586. The van der Waals surface area contributed by atoms with Crippen molar-refractivity contribution in [3.63, 3.8) is 0 Å². The van der Waals surface area contributed by atoms with Crippen LogP contribution in [-0.2, 0) is 9.59 Å². The van der Waals surface area contributed by atoms with Gasteiger partial charge in [0, 0.05) is 6.42 Å². The average molecular weight is 230 g/mol. The predicted molar refractivity (Wildman–Crippen MR) is 61.9 cm³/mol. The van der Waals surface area contributed by atoms with E-state index in [2.05, 4.69) is 5.32 Å². The van der Waals surface area contributed by atoms with Crippen LogP contribution in [0.2, 0.25) is 0 Å². The lowest BCUT2D eigenvalue weighted by Gasteiger charge is -2.27. The molecule has 1 atom stereocenters. The standard InChI is InChI=1S/C11H22N2O3/c1-11(2,3)9(10(15)16)13-8(14)6-4-5-7-12/h9H,4-7,12H2,1-3H3,(H,13,14)(H,15,16)/t9-/m0/s1. The summed E-state index contributed by atoms with van der Waals surface area (Å²) < 4.78 is 0. The summed E-state index contributed by atoms with van der Waals surface area (Å²) in [4.78, 5) is 22.4. The van der Waals surface area contributed by atoms with Gasteiger partial charge >= 0.3 is 5.97 Å². The zero-order valence-corrected chi connectivity index (χ0v) is 10.2. The molecule has 0 spiro atoms. The lowest BCUT2D eigenvalue weighted by atomic mass is 9.86. The highest BCUT2D eigenvalue weighted by Crippen LogP contribution is 2.19. The van der Waals surface area contributed by atoms with E-state index >= 15 is 0 Å². The van der Waals surface area contributed by atoms with E-state index in [1.807, 2.05) is 0 Å². The molecule has 0 saturated heterocycles. The van der Waals surface area contributed by atoms with E-state index in [-0.39, 0.29) is 5.91 Å². The van der Waals surface area contributed by atoms with Crippen molar-refractivity contribution >= 4 is 11.9 Å². The molecule has 94 valence electrons. The molecule has 0 aromatic rings. The van der Waals surface area contributed by atoms with Crippen LogP contribution in [0.15, 0.2) is 0 Å². The number of nitrogens with two attached hydrogens (primary N) is 1. The van der Waals surface area contributed by atoms with Crippen LogP contribution in [0.1, 0.15) is 40.0 Å². The molecule has 0 rings (SSSR count). The van der Waals surface area contributed by atoms with Crippen LogP contribution in [0.4, 0.5) is 0 Å². The number of hydrogen-bond donors (Lipinski definition) is 3. The van der Waals surface area contributed by atoms with Gasteiger partial charge in [0.15, 0.2) is 0 Å². The van der Waals surface area contributed by atoms with Crippen LogP contribution >= 0.6 is 0 Å². The molecular weight excluding hydrogens is 208 g/mol. The Morgan fingerprint density at radius 3 is 2.25 bits per heavy atom. The van der Waals surface area contributed by atoms with Gasteiger partial charge in [-0.2, -0.15) is 0 Å². The Morgan fingerprint density at radius 1 is 1.31 bits per heavy atom. The Kier molecular flexibility index (Phi) is 6.03. The SMILES string of the molecule is CC(C)(C)[C@@H](NC(=O)CCCCN)C(=O)O. The summed E-state index contributed by atoms with van der Waals surface area (Å²) in [5, 5.41) is 11.5. The van der Waals surface area contributed by atoms with Gasteiger partial charge in [-0.3, -0.25) is 4.79 Å². The topological polar surface area (TPSA) is 92.4 Å². The van der Waals surface area contributed by atoms with Crippen molar-refractivity contribution in [1.29, 1.82) is 0 Å². The third kappa shape index (κ3) is 5.70. The molecule has 0 radical (unpaired) electrons. The number of nitrogens with one attached hydrogen (secondary N) is 1. The molecule has 16 heavy (non-hydrogen) atoms. The summed E-state index contributed by atoms with van der Waals surface area (Å²) in [5.74, 6) is -1.23. The molecule has 1 amide bonds. The Bertz CT molecular complexity index is 246. The summed E-state index contributed by atoms with van der Waals surface area (Å²) in [6.45, 7) is 5.90. The number of amides is 1. The van der Waals surface area contributed by atoms with Gasteiger partial charge in [0.1, 0.15) is 6.04 Å². The fraction of sp³-hybridized carbons (Fsp3) is 0.818. The van der Waals surface area contributed by atoms with Gasteiger partial charge < -0.3 is 16.2 Å². The molecule has 4 N–H and O–H groups in total. The highest BCUT2D eigenvalue weighted by atomic mass is 16.4. The van der Waals surface area contributed by atoms with Crippen LogP contribution in [0.25, 0.3) is 0 Å². The molecule has 0 aromatic heterocycles. The number of unbranched alkanes of at least 4 members (excludes halogenated alkanes) is 1. The number of hydrogen-bond acceptors (Lipinski definition) is 3. The van der Waals surface area contributed by atoms with Crippen LogP contribution in [-0.4, -0.2) is 29.6 Å². The molecular formula is C11H22N2O3. The molecule has 0 aliphatic rings. The lowest BCUT2D eigenvalue weighted by molar-refractivity contribution is -0.144. The van der Waals surface area contributed by atoms with Gasteiger partial charge in [0.2, 0.25) is 5.91 Å². The maximum absolute atomic E-state index is 11.5. The van der Waals surface area contributed by atoms with Crippen molar-refractivity contribution in [3.05, 3.63) is 0 Å². The van der Waals surface area contributed by atoms with Gasteiger partial charge in [0.25, 0.3) is 0 Å². The van der Waals surface area contributed by atoms with E-state index in [0.29, 0.717) is 19.4 Å². The molecule has 0 aliphatic carbocycles. The third-order valence-corrected chi connectivity index (χ3v) is 2.28. The Labute approximate surface area is 96.4 Å². The van der Waals surface area contributed by atoms with Crippen molar-refractivity contribution in [3.8, 4) is 0 Å². The fourth-order valence-corrected chi connectivity index (χ4v) is 1.31. The number of aliphatic carboxylic acids is 1. The zero-order chi connectivity index (χ0) is 12.8. The first kappa shape index (κ1) is 14.9. The largest absolute Gasteiger partial charge is 0.480 e. The van der Waals surface area contributed by atoms with Crippen LogP contribution in [0.3, 0.4) is 0 Å². The second-order valence-corrected chi connectivity index (χ2v) is 4.95. The van der Waals surface area contributed by atoms with Gasteiger partial charge in [0.05, 0.1) is 0 Å². The first-order valence-electron chi connectivity index (χ1n) is 5.51. The highest BCUT2D eigenvalue weighted by molar-refractivity contribution is 5.84. The summed E-state index contributed by atoms with van der Waals surface area (Å²) in [5.41, 5.74) is 4.82. The Hall–Kier alpha value is -1.10. The van der Waals surface area contributed by atoms with Gasteiger partial charge in [-0.05, 0) is 24.8 Å². The molecule has 0 heterocycles. The third-order valence-electron chi connectivity index (χ3n) is 2.28. The van der Waals surface area contributed by atoms with Crippen molar-refractivity contribution < 1.29 is 14.7 Å². The number of carboxylic acid groups (broad SMARTS) is 1. The average Bonchev–Trinajstić information content (AvgIpc) is 2.12. The maximum atomic E-state index is 11.5. The first-order chi connectivity index (χ1) is 7.29. The molecule has 0 unspecified atom stereocenters. The van der Waals surface area contributed by atoms with Gasteiger partial charge in [-0.1, -0.05) is 20.8 Å². The summed E-state index contributed by atoms with van der Waals surface area (Å²) >= 11 is 0. The van der Waals surface area contributed by atoms with E-state index < -0.39 is 17.4 Å². The highest BCUT2D eigenvalue weighted by Gasteiger charge is 2.32. The molecule has 5 heteroatoms. The van der Waals surface area contributed by atoms with Crippen molar-refractivity contribution in [2.45, 2.75) is 46.1 Å². The summed E-state index contributed by atoms with van der Waals surface area (Å²) in [6, 6.07) is -0.849. The van der Waals surface area contributed by atoms with Crippen molar-refractivity contribution in [2.24, 2.45) is 11.1 Å². The Balaban J connectivity index is 4.21. The van der Waals surface area contributed by atoms with Gasteiger partial charge in [-0.25, -0.2) is 4.79 Å². The monoisotopic (exact) mass is 230 g/mol. The Morgan fingerprint density at radius 2 is 1.88 bits per heavy atom. The summed E-state index contributed by atoms with van der Waals surface area (Å²) in [6.07, 6.45) is 1.80. The second kappa shape index (κ2) is 6.48. The van der Waals surface area contributed by atoms with Gasteiger partial charge in [-0.15, -0.1) is 0 Å². The second-order valence-electron chi connectivity index (χ2n) is 4.95. The molecule has 5 nitrogen and oxygen atoms in total. The van der Waals surface area contributed by atoms with E-state index in [9.17, 15) is 9.59 Å². The first-order valence-corrected chi connectivity index (χ1v) is 5.51.